The van der Waals surface area contributed by atoms with Gasteiger partial charge in [-0.05, 0) is 27.2 Å². The molecule has 0 heterocycles. The minimum atomic E-state index is -0.119. The van der Waals surface area contributed by atoms with Gasteiger partial charge in [0.05, 0.1) is 6.04 Å². The summed E-state index contributed by atoms with van der Waals surface area (Å²) in [6.45, 7) is 6.98. The van der Waals surface area contributed by atoms with Crippen LogP contribution in [0.1, 0.15) is 27.2 Å². The summed E-state index contributed by atoms with van der Waals surface area (Å²) < 4.78 is 0. The van der Waals surface area contributed by atoms with E-state index >= 15 is 0 Å². The maximum Gasteiger partial charge on any atom is 0.239 e. The minimum absolute atomic E-state index is 0.113. The van der Waals surface area contributed by atoms with E-state index in [4.69, 9.17) is 5.11 Å². The van der Waals surface area contributed by atoms with Gasteiger partial charge in [0, 0.05) is 33.3 Å². The summed E-state index contributed by atoms with van der Waals surface area (Å²) in [6.07, 6.45) is 0.712. The molecular weight excluding hydrogens is 192 g/mol. The number of carbonyl (C=O) groups excluding carboxylic acids is 1. The number of carbonyl (C=O) groups is 1. The molecule has 0 aliphatic rings. The third-order valence-electron chi connectivity index (χ3n) is 2.53. The molecule has 0 aromatic carbocycles. The Morgan fingerprint density at radius 1 is 1.27 bits per heavy atom. The number of hydrogen-bond acceptors (Lipinski definition) is 3. The van der Waals surface area contributed by atoms with E-state index in [9.17, 15) is 4.79 Å². The Hall–Kier alpha value is -0.610. The molecule has 0 radical (unpaired) electrons. The van der Waals surface area contributed by atoms with Crippen LogP contribution in [0.2, 0.25) is 0 Å². The quantitative estimate of drug-likeness (QED) is 0.705. The number of rotatable bonds is 6. The summed E-state index contributed by atoms with van der Waals surface area (Å²) >= 11 is 0. The van der Waals surface area contributed by atoms with Crippen molar-refractivity contribution in [2.45, 2.75) is 39.3 Å². The minimum Gasteiger partial charge on any atom is -0.396 e. The lowest BCUT2D eigenvalue weighted by atomic mass is 10.2. The normalized spacial score (nSPS) is 13.3. The SMILES string of the molecule is CC(C)N(CCCO)C(C)C(=O)N(C)C. The maximum atomic E-state index is 11.8. The Labute approximate surface area is 92.9 Å². The van der Waals surface area contributed by atoms with E-state index in [1.165, 1.54) is 0 Å². The van der Waals surface area contributed by atoms with Crippen LogP contribution in [0.25, 0.3) is 0 Å². The third-order valence-corrected chi connectivity index (χ3v) is 2.53. The first-order valence-electron chi connectivity index (χ1n) is 5.49. The van der Waals surface area contributed by atoms with Gasteiger partial charge in [-0.2, -0.15) is 0 Å². The van der Waals surface area contributed by atoms with Crippen LogP contribution in [-0.4, -0.2) is 60.1 Å². The van der Waals surface area contributed by atoms with Gasteiger partial charge in [-0.25, -0.2) is 0 Å². The van der Waals surface area contributed by atoms with Crippen molar-refractivity contribution in [2.24, 2.45) is 0 Å². The maximum absolute atomic E-state index is 11.8. The van der Waals surface area contributed by atoms with Crippen LogP contribution >= 0.6 is 0 Å². The van der Waals surface area contributed by atoms with E-state index in [1.54, 1.807) is 19.0 Å². The highest BCUT2D eigenvalue weighted by molar-refractivity contribution is 5.80. The molecule has 4 heteroatoms. The molecule has 90 valence electrons. The highest BCUT2D eigenvalue weighted by Crippen LogP contribution is 2.08. The lowest BCUT2D eigenvalue weighted by molar-refractivity contribution is -0.134. The zero-order chi connectivity index (χ0) is 12.0. The summed E-state index contributed by atoms with van der Waals surface area (Å²) in [6, 6.07) is 0.196. The number of aliphatic hydroxyl groups excluding tert-OH is 1. The molecular formula is C11H24N2O2. The van der Waals surface area contributed by atoms with Crippen molar-refractivity contribution < 1.29 is 9.90 Å². The second-order valence-electron chi connectivity index (χ2n) is 4.32. The monoisotopic (exact) mass is 216 g/mol. The van der Waals surface area contributed by atoms with Gasteiger partial charge in [0.2, 0.25) is 5.91 Å². The highest BCUT2D eigenvalue weighted by Gasteiger charge is 2.24. The summed E-state index contributed by atoms with van der Waals surface area (Å²) in [5.74, 6) is 0.113. The number of likely N-dealkylation sites (N-methyl/N-ethyl adjacent to an activating group) is 1. The highest BCUT2D eigenvalue weighted by atomic mass is 16.3. The second-order valence-corrected chi connectivity index (χ2v) is 4.32. The van der Waals surface area contributed by atoms with Crippen molar-refractivity contribution in [1.82, 2.24) is 9.80 Å². The largest absolute Gasteiger partial charge is 0.396 e. The average Bonchev–Trinajstić information content (AvgIpc) is 2.16. The standard InChI is InChI=1S/C11H24N2O2/c1-9(2)13(7-6-8-14)10(3)11(15)12(4)5/h9-10,14H,6-8H2,1-5H3. The van der Waals surface area contributed by atoms with Gasteiger partial charge >= 0.3 is 0 Å². The molecule has 0 aliphatic heterocycles. The van der Waals surface area contributed by atoms with Crippen molar-refractivity contribution >= 4 is 5.91 Å². The molecule has 0 bridgehead atoms. The first kappa shape index (κ1) is 14.4. The van der Waals surface area contributed by atoms with Gasteiger partial charge in [-0.15, -0.1) is 0 Å². The number of hydrogen-bond donors (Lipinski definition) is 1. The molecule has 0 saturated carbocycles. The first-order chi connectivity index (χ1) is 6.91. The van der Waals surface area contributed by atoms with E-state index in [-0.39, 0.29) is 18.6 Å². The number of nitrogens with zero attached hydrogens (tertiary/aromatic N) is 2. The molecule has 1 amide bonds. The smallest absolute Gasteiger partial charge is 0.239 e. The van der Waals surface area contributed by atoms with Crippen LogP contribution in [0.15, 0.2) is 0 Å². The van der Waals surface area contributed by atoms with Crippen molar-refractivity contribution in [1.29, 1.82) is 0 Å². The molecule has 15 heavy (non-hydrogen) atoms. The first-order valence-corrected chi connectivity index (χ1v) is 5.49. The topological polar surface area (TPSA) is 43.8 Å². The number of aliphatic hydroxyl groups is 1. The molecule has 1 N–H and O–H groups in total. The van der Waals surface area contributed by atoms with Crippen molar-refractivity contribution in [3.05, 3.63) is 0 Å². The third kappa shape index (κ3) is 4.62. The zero-order valence-electron chi connectivity index (χ0n) is 10.5. The average molecular weight is 216 g/mol. The van der Waals surface area contributed by atoms with Crippen molar-refractivity contribution in [3.63, 3.8) is 0 Å². The summed E-state index contributed by atoms with van der Waals surface area (Å²) in [7, 11) is 3.53. The summed E-state index contributed by atoms with van der Waals surface area (Å²) in [5, 5.41) is 8.80. The Morgan fingerprint density at radius 3 is 2.13 bits per heavy atom. The molecule has 0 fully saturated rings. The molecule has 0 aromatic rings. The summed E-state index contributed by atoms with van der Waals surface area (Å²) in [4.78, 5) is 15.5. The van der Waals surface area contributed by atoms with E-state index in [0.717, 1.165) is 6.54 Å². The molecule has 0 spiro atoms. The fourth-order valence-corrected chi connectivity index (χ4v) is 1.67. The van der Waals surface area contributed by atoms with Gasteiger partial charge in [0.15, 0.2) is 0 Å². The van der Waals surface area contributed by atoms with Crippen LogP contribution in [0.5, 0.6) is 0 Å². The van der Waals surface area contributed by atoms with Crippen LogP contribution in [0, 0.1) is 0 Å². The van der Waals surface area contributed by atoms with Crippen LogP contribution in [-0.2, 0) is 4.79 Å². The molecule has 1 atom stereocenters. The molecule has 0 aromatic heterocycles. The zero-order valence-corrected chi connectivity index (χ0v) is 10.5. The van der Waals surface area contributed by atoms with E-state index < -0.39 is 0 Å². The van der Waals surface area contributed by atoms with E-state index in [0.29, 0.717) is 12.5 Å². The predicted octanol–water partition coefficient (Wildman–Crippen LogP) is 0.556. The molecule has 1 unspecified atom stereocenters. The Kier molecular flexibility index (Phi) is 6.52. The predicted molar refractivity (Wildman–Crippen MR) is 61.7 cm³/mol. The Balaban J connectivity index is 4.40. The molecule has 4 nitrogen and oxygen atoms in total. The molecule has 0 aliphatic carbocycles. The van der Waals surface area contributed by atoms with Gasteiger partial charge < -0.3 is 10.0 Å². The second kappa shape index (κ2) is 6.80. The fraction of sp³-hybridized carbons (Fsp3) is 0.909. The molecule has 0 saturated heterocycles. The lowest BCUT2D eigenvalue weighted by Crippen LogP contribution is -2.48. The fourth-order valence-electron chi connectivity index (χ4n) is 1.67. The van der Waals surface area contributed by atoms with Crippen LogP contribution in [0.3, 0.4) is 0 Å². The van der Waals surface area contributed by atoms with E-state index in [2.05, 4.69) is 18.7 Å². The number of amides is 1. The summed E-state index contributed by atoms with van der Waals surface area (Å²) in [5.41, 5.74) is 0. The van der Waals surface area contributed by atoms with Gasteiger partial charge in [-0.1, -0.05) is 0 Å². The van der Waals surface area contributed by atoms with Crippen molar-refractivity contribution in [2.75, 3.05) is 27.2 Å². The van der Waals surface area contributed by atoms with Crippen LogP contribution in [0.4, 0.5) is 0 Å². The Morgan fingerprint density at radius 2 is 1.80 bits per heavy atom. The molecule has 0 rings (SSSR count). The van der Waals surface area contributed by atoms with Gasteiger partial charge in [0.25, 0.3) is 0 Å². The Bertz CT molecular complexity index is 193. The van der Waals surface area contributed by atoms with Crippen LogP contribution < -0.4 is 0 Å². The van der Waals surface area contributed by atoms with E-state index in [1.807, 2.05) is 6.92 Å². The van der Waals surface area contributed by atoms with Gasteiger partial charge in [0.1, 0.15) is 0 Å². The lowest BCUT2D eigenvalue weighted by Gasteiger charge is -2.33. The van der Waals surface area contributed by atoms with Crippen molar-refractivity contribution in [3.8, 4) is 0 Å². The van der Waals surface area contributed by atoms with Gasteiger partial charge in [-0.3, -0.25) is 9.69 Å².